The second-order valence-corrected chi connectivity index (χ2v) is 6.34. The van der Waals surface area contributed by atoms with E-state index in [0.29, 0.717) is 16.9 Å². The van der Waals surface area contributed by atoms with E-state index in [9.17, 15) is 0 Å². The highest BCUT2D eigenvalue weighted by Crippen LogP contribution is 2.44. The van der Waals surface area contributed by atoms with Crippen molar-refractivity contribution in [1.82, 2.24) is 15.0 Å². The van der Waals surface area contributed by atoms with E-state index in [-0.39, 0.29) is 0 Å². The SMILES string of the molecule is Clc1nc(-c2nccc3ccccc23)nc(C2CC2)c1Br. The van der Waals surface area contributed by atoms with Crippen LogP contribution in [0.3, 0.4) is 0 Å². The highest BCUT2D eigenvalue weighted by Gasteiger charge is 2.29. The summed E-state index contributed by atoms with van der Waals surface area (Å²) in [4.78, 5) is 13.6. The van der Waals surface area contributed by atoms with Gasteiger partial charge >= 0.3 is 0 Å². The van der Waals surface area contributed by atoms with E-state index in [4.69, 9.17) is 16.6 Å². The summed E-state index contributed by atoms with van der Waals surface area (Å²) in [6, 6.07) is 10.1. The van der Waals surface area contributed by atoms with Gasteiger partial charge in [-0.1, -0.05) is 35.9 Å². The van der Waals surface area contributed by atoms with E-state index in [0.717, 1.165) is 39.5 Å². The molecule has 1 saturated carbocycles. The Hall–Kier alpha value is -1.52. The third kappa shape index (κ3) is 2.32. The number of nitrogens with zero attached hydrogens (tertiary/aromatic N) is 3. The Bertz CT molecular complexity index is 841. The second-order valence-electron chi connectivity index (χ2n) is 5.19. The summed E-state index contributed by atoms with van der Waals surface area (Å²) in [7, 11) is 0. The second kappa shape index (κ2) is 5.04. The smallest absolute Gasteiger partial charge is 0.180 e. The summed E-state index contributed by atoms with van der Waals surface area (Å²) in [5.74, 6) is 1.09. The van der Waals surface area contributed by atoms with Gasteiger partial charge in [0.05, 0.1) is 10.2 Å². The Morgan fingerprint density at radius 2 is 1.90 bits per heavy atom. The third-order valence-electron chi connectivity index (χ3n) is 3.69. The summed E-state index contributed by atoms with van der Waals surface area (Å²) in [5.41, 5.74) is 1.78. The number of pyridine rings is 1. The quantitative estimate of drug-likeness (QED) is 0.605. The van der Waals surface area contributed by atoms with Gasteiger partial charge < -0.3 is 0 Å². The number of hydrogen-bond acceptors (Lipinski definition) is 3. The van der Waals surface area contributed by atoms with E-state index in [2.05, 4.69) is 32.0 Å². The maximum atomic E-state index is 6.27. The van der Waals surface area contributed by atoms with Gasteiger partial charge in [0.25, 0.3) is 0 Å². The number of fused-ring (bicyclic) bond motifs is 1. The molecule has 0 spiro atoms. The first-order valence-corrected chi connectivity index (χ1v) is 7.98. The Labute approximate surface area is 135 Å². The van der Waals surface area contributed by atoms with E-state index in [1.54, 1.807) is 6.20 Å². The molecule has 0 unspecified atom stereocenters. The zero-order valence-electron chi connectivity index (χ0n) is 11.1. The molecule has 0 aliphatic heterocycles. The van der Waals surface area contributed by atoms with Gasteiger partial charge in [0.1, 0.15) is 10.8 Å². The predicted octanol–water partition coefficient (Wildman–Crippen LogP) is 4.99. The van der Waals surface area contributed by atoms with Crippen LogP contribution < -0.4 is 0 Å². The number of halogens is 2. The first-order valence-electron chi connectivity index (χ1n) is 6.81. The van der Waals surface area contributed by atoms with Gasteiger partial charge in [-0.3, -0.25) is 4.98 Å². The molecule has 0 atom stereocenters. The fraction of sp³-hybridized carbons (Fsp3) is 0.188. The van der Waals surface area contributed by atoms with Gasteiger partial charge in [-0.05, 0) is 40.2 Å². The van der Waals surface area contributed by atoms with Gasteiger partial charge in [-0.15, -0.1) is 0 Å². The van der Waals surface area contributed by atoms with Crippen LogP contribution in [0.1, 0.15) is 24.5 Å². The minimum Gasteiger partial charge on any atom is -0.252 e. The number of hydrogen-bond donors (Lipinski definition) is 0. The first kappa shape index (κ1) is 13.2. The van der Waals surface area contributed by atoms with Crippen LogP contribution in [0.4, 0.5) is 0 Å². The third-order valence-corrected chi connectivity index (χ3v) is 4.97. The first-order chi connectivity index (χ1) is 10.2. The molecule has 0 bridgehead atoms. The highest BCUT2D eigenvalue weighted by molar-refractivity contribution is 9.10. The van der Waals surface area contributed by atoms with Crippen molar-refractivity contribution in [3.05, 3.63) is 51.8 Å². The van der Waals surface area contributed by atoms with Crippen LogP contribution in [-0.2, 0) is 0 Å². The van der Waals surface area contributed by atoms with Crippen molar-refractivity contribution in [2.75, 3.05) is 0 Å². The van der Waals surface area contributed by atoms with Crippen LogP contribution in [0.15, 0.2) is 41.0 Å². The lowest BCUT2D eigenvalue weighted by Crippen LogP contribution is -1.99. The van der Waals surface area contributed by atoms with Gasteiger partial charge in [-0.2, -0.15) is 0 Å². The number of rotatable bonds is 2. The Kier molecular flexibility index (Phi) is 3.16. The summed E-state index contributed by atoms with van der Waals surface area (Å²) in [5, 5.41) is 2.62. The van der Waals surface area contributed by atoms with Gasteiger partial charge in [0, 0.05) is 17.5 Å². The molecule has 1 fully saturated rings. The van der Waals surface area contributed by atoms with Crippen molar-refractivity contribution in [2.24, 2.45) is 0 Å². The molecule has 5 heteroatoms. The van der Waals surface area contributed by atoms with Crippen LogP contribution in [0, 0.1) is 0 Å². The molecule has 21 heavy (non-hydrogen) atoms. The van der Waals surface area contributed by atoms with Gasteiger partial charge in [-0.25, -0.2) is 9.97 Å². The van der Waals surface area contributed by atoms with E-state index in [1.165, 1.54) is 0 Å². The van der Waals surface area contributed by atoms with E-state index >= 15 is 0 Å². The molecule has 1 aliphatic carbocycles. The molecule has 3 aromatic rings. The normalized spacial score (nSPS) is 14.6. The molecular weight excluding hydrogens is 350 g/mol. The molecule has 2 aromatic heterocycles. The van der Waals surface area contributed by atoms with Crippen molar-refractivity contribution in [1.29, 1.82) is 0 Å². The van der Waals surface area contributed by atoms with Crippen LogP contribution in [-0.4, -0.2) is 15.0 Å². The summed E-state index contributed by atoms with van der Waals surface area (Å²) < 4.78 is 0.815. The average Bonchev–Trinajstić information content (AvgIpc) is 3.34. The Morgan fingerprint density at radius 1 is 1.10 bits per heavy atom. The number of benzene rings is 1. The highest BCUT2D eigenvalue weighted by atomic mass is 79.9. The molecule has 0 N–H and O–H groups in total. The zero-order chi connectivity index (χ0) is 14.4. The van der Waals surface area contributed by atoms with Crippen molar-refractivity contribution >= 4 is 38.3 Å². The van der Waals surface area contributed by atoms with Crippen LogP contribution in [0.5, 0.6) is 0 Å². The molecule has 0 amide bonds. The molecule has 0 saturated heterocycles. The Balaban J connectivity index is 1.96. The molecule has 1 aromatic carbocycles. The van der Waals surface area contributed by atoms with Crippen molar-refractivity contribution in [3.8, 4) is 11.5 Å². The molecule has 3 nitrogen and oxygen atoms in total. The van der Waals surface area contributed by atoms with Crippen LogP contribution >= 0.6 is 27.5 Å². The minimum atomic E-state index is 0.455. The lowest BCUT2D eigenvalue weighted by molar-refractivity contribution is 0.975. The summed E-state index contributed by atoms with van der Waals surface area (Å²) in [6.45, 7) is 0. The largest absolute Gasteiger partial charge is 0.252 e. The average molecular weight is 361 g/mol. The fourth-order valence-electron chi connectivity index (χ4n) is 2.47. The molecule has 4 rings (SSSR count). The standard InChI is InChI=1S/C16H11BrClN3/c17-12-13(10-5-6-10)20-16(21-15(12)18)14-11-4-2-1-3-9(11)7-8-19-14/h1-4,7-8,10H,5-6H2. The number of aromatic nitrogens is 3. The van der Waals surface area contributed by atoms with Gasteiger partial charge in [0.2, 0.25) is 0 Å². The predicted molar refractivity (Wildman–Crippen MR) is 87.5 cm³/mol. The van der Waals surface area contributed by atoms with Gasteiger partial charge in [0.15, 0.2) is 5.82 Å². The molecular formula is C16H11BrClN3. The lowest BCUT2D eigenvalue weighted by atomic mass is 10.1. The van der Waals surface area contributed by atoms with E-state index in [1.807, 2.05) is 24.3 Å². The Morgan fingerprint density at radius 3 is 2.71 bits per heavy atom. The monoisotopic (exact) mass is 359 g/mol. The molecule has 2 heterocycles. The molecule has 104 valence electrons. The summed E-state index contributed by atoms with van der Waals surface area (Å²) >= 11 is 9.77. The fourth-order valence-corrected chi connectivity index (χ4v) is 3.14. The molecule has 1 aliphatic rings. The maximum absolute atomic E-state index is 6.27. The molecule has 0 radical (unpaired) electrons. The minimum absolute atomic E-state index is 0.455. The maximum Gasteiger partial charge on any atom is 0.180 e. The lowest BCUT2D eigenvalue weighted by Gasteiger charge is -2.09. The van der Waals surface area contributed by atoms with Crippen molar-refractivity contribution in [2.45, 2.75) is 18.8 Å². The van der Waals surface area contributed by atoms with Crippen molar-refractivity contribution < 1.29 is 0 Å². The topological polar surface area (TPSA) is 38.7 Å². The van der Waals surface area contributed by atoms with E-state index < -0.39 is 0 Å². The van der Waals surface area contributed by atoms with Crippen LogP contribution in [0.25, 0.3) is 22.3 Å². The zero-order valence-corrected chi connectivity index (χ0v) is 13.4. The van der Waals surface area contributed by atoms with Crippen LogP contribution in [0.2, 0.25) is 5.15 Å². The van der Waals surface area contributed by atoms with Crippen molar-refractivity contribution in [3.63, 3.8) is 0 Å². The summed E-state index contributed by atoms with van der Waals surface area (Å²) in [6.07, 6.45) is 4.11.